The van der Waals surface area contributed by atoms with Crippen LogP contribution in [0, 0.1) is 11.3 Å². The summed E-state index contributed by atoms with van der Waals surface area (Å²) < 4.78 is 6.03. The number of amides is 1. The molecule has 2 atom stereocenters. The lowest BCUT2D eigenvalue weighted by molar-refractivity contribution is -0.130. The fourth-order valence-electron chi connectivity index (χ4n) is 4.81. The Hall–Kier alpha value is -2.18. The van der Waals surface area contributed by atoms with Gasteiger partial charge in [-0.3, -0.25) is 9.78 Å². The monoisotopic (exact) mass is 382 g/mol. The molecule has 0 aromatic carbocycles. The van der Waals surface area contributed by atoms with E-state index in [1.54, 1.807) is 6.20 Å². The van der Waals surface area contributed by atoms with Crippen molar-refractivity contribution in [2.45, 2.75) is 25.9 Å². The molecule has 2 aromatic rings. The summed E-state index contributed by atoms with van der Waals surface area (Å²) in [7, 11) is 2.18. The van der Waals surface area contributed by atoms with Crippen molar-refractivity contribution >= 4 is 5.91 Å². The minimum Gasteiger partial charge on any atom is -0.375 e. The molecule has 0 aliphatic carbocycles. The van der Waals surface area contributed by atoms with Crippen LogP contribution in [0.2, 0.25) is 0 Å². The predicted octanol–water partition coefficient (Wildman–Crippen LogP) is 2.34. The van der Waals surface area contributed by atoms with Crippen LogP contribution in [0.25, 0.3) is 0 Å². The molecule has 1 amide bonds. The number of ether oxygens (including phenoxy) is 1. The van der Waals surface area contributed by atoms with E-state index in [0.717, 1.165) is 57.0 Å². The third kappa shape index (κ3) is 4.28. The average Bonchev–Trinajstić information content (AvgIpc) is 3.43. The van der Waals surface area contributed by atoms with Gasteiger partial charge >= 0.3 is 0 Å². The topological polar surface area (TPSA) is 61.5 Å². The van der Waals surface area contributed by atoms with Crippen LogP contribution in [0.3, 0.4) is 0 Å². The van der Waals surface area contributed by atoms with Gasteiger partial charge in [0.15, 0.2) is 0 Å². The summed E-state index contributed by atoms with van der Waals surface area (Å²) in [4.78, 5) is 24.7. The first kappa shape index (κ1) is 19.2. The zero-order valence-electron chi connectivity index (χ0n) is 16.6. The number of nitrogens with one attached hydrogen (secondary N) is 1. The van der Waals surface area contributed by atoms with Gasteiger partial charge in [0, 0.05) is 62.0 Å². The second-order valence-electron chi connectivity index (χ2n) is 8.35. The molecular formula is C22H30N4O2. The number of carbonyl (C=O) groups excluding carboxylic acids is 1. The predicted molar refractivity (Wildman–Crippen MR) is 108 cm³/mol. The van der Waals surface area contributed by atoms with E-state index < -0.39 is 0 Å². The Morgan fingerprint density at radius 1 is 1.32 bits per heavy atom. The van der Waals surface area contributed by atoms with Gasteiger partial charge in [-0.1, -0.05) is 6.07 Å². The van der Waals surface area contributed by atoms with E-state index >= 15 is 0 Å². The van der Waals surface area contributed by atoms with E-state index in [9.17, 15) is 4.79 Å². The van der Waals surface area contributed by atoms with Crippen LogP contribution in [0.15, 0.2) is 42.7 Å². The number of aromatic nitrogens is 2. The Morgan fingerprint density at radius 2 is 2.25 bits per heavy atom. The third-order valence-corrected chi connectivity index (χ3v) is 6.29. The van der Waals surface area contributed by atoms with Gasteiger partial charge in [0.25, 0.3) is 0 Å². The SMILES string of the molecule is CN1C[C@@H](COCc2ccccn2)[C@]2(CCN(C(=O)CCc3ccc[nH]3)C2)C1. The smallest absolute Gasteiger partial charge is 0.222 e. The molecule has 150 valence electrons. The number of nitrogens with zero attached hydrogens (tertiary/aromatic N) is 3. The number of pyridine rings is 1. The summed E-state index contributed by atoms with van der Waals surface area (Å²) >= 11 is 0. The molecule has 6 heteroatoms. The third-order valence-electron chi connectivity index (χ3n) is 6.29. The van der Waals surface area contributed by atoms with Crippen LogP contribution in [0.5, 0.6) is 0 Å². The number of H-pyrrole nitrogens is 1. The molecule has 1 spiro atoms. The first-order chi connectivity index (χ1) is 13.6. The van der Waals surface area contributed by atoms with E-state index in [2.05, 4.69) is 26.8 Å². The van der Waals surface area contributed by atoms with Crippen molar-refractivity contribution in [1.82, 2.24) is 19.8 Å². The molecule has 4 heterocycles. The summed E-state index contributed by atoms with van der Waals surface area (Å²) in [6, 6.07) is 9.93. The molecule has 0 saturated carbocycles. The second-order valence-corrected chi connectivity index (χ2v) is 8.35. The molecule has 0 radical (unpaired) electrons. The molecule has 2 fully saturated rings. The van der Waals surface area contributed by atoms with E-state index in [-0.39, 0.29) is 11.3 Å². The Kier molecular flexibility index (Phi) is 5.78. The Labute approximate surface area is 166 Å². The van der Waals surface area contributed by atoms with Gasteiger partial charge < -0.3 is 19.5 Å². The lowest BCUT2D eigenvalue weighted by Crippen LogP contribution is -2.38. The lowest BCUT2D eigenvalue weighted by Gasteiger charge is -2.30. The van der Waals surface area contributed by atoms with Gasteiger partial charge in [0.1, 0.15) is 0 Å². The maximum Gasteiger partial charge on any atom is 0.222 e. The molecule has 1 N–H and O–H groups in total. The number of rotatable bonds is 7. The molecule has 0 unspecified atom stereocenters. The average molecular weight is 383 g/mol. The number of aryl methyl sites for hydroxylation is 1. The summed E-state index contributed by atoms with van der Waals surface area (Å²) in [5.74, 6) is 0.733. The van der Waals surface area contributed by atoms with E-state index in [1.807, 2.05) is 36.5 Å². The van der Waals surface area contributed by atoms with Gasteiger partial charge in [-0.15, -0.1) is 0 Å². The van der Waals surface area contributed by atoms with Crippen LogP contribution in [-0.2, 0) is 22.6 Å². The van der Waals surface area contributed by atoms with Crippen molar-refractivity contribution in [2.75, 3.05) is 39.8 Å². The van der Waals surface area contributed by atoms with Gasteiger partial charge in [-0.2, -0.15) is 0 Å². The molecule has 2 aliphatic rings. The molecule has 2 saturated heterocycles. The van der Waals surface area contributed by atoms with Crippen molar-refractivity contribution < 1.29 is 9.53 Å². The Balaban J connectivity index is 1.31. The molecular weight excluding hydrogens is 352 g/mol. The number of aromatic amines is 1. The van der Waals surface area contributed by atoms with Crippen molar-refractivity contribution in [1.29, 1.82) is 0 Å². The number of carbonyl (C=O) groups is 1. The van der Waals surface area contributed by atoms with Gasteiger partial charge in [-0.05, 0) is 44.2 Å². The molecule has 0 bridgehead atoms. The maximum absolute atomic E-state index is 12.7. The van der Waals surface area contributed by atoms with E-state index in [4.69, 9.17) is 4.74 Å². The molecule has 2 aromatic heterocycles. The highest BCUT2D eigenvalue weighted by Gasteiger charge is 2.50. The Morgan fingerprint density at radius 3 is 3.04 bits per heavy atom. The van der Waals surface area contributed by atoms with Crippen molar-refractivity contribution in [3.05, 3.63) is 54.1 Å². The quantitative estimate of drug-likeness (QED) is 0.798. The minimum atomic E-state index is 0.168. The number of hydrogen-bond donors (Lipinski definition) is 1. The fourth-order valence-corrected chi connectivity index (χ4v) is 4.81. The van der Waals surface area contributed by atoms with E-state index in [0.29, 0.717) is 18.9 Å². The van der Waals surface area contributed by atoms with Crippen LogP contribution in [-0.4, -0.2) is 65.5 Å². The lowest BCUT2D eigenvalue weighted by atomic mass is 9.77. The highest BCUT2D eigenvalue weighted by Crippen LogP contribution is 2.43. The molecule has 28 heavy (non-hydrogen) atoms. The largest absolute Gasteiger partial charge is 0.375 e. The normalized spacial score (nSPS) is 25.0. The zero-order chi connectivity index (χ0) is 19.4. The van der Waals surface area contributed by atoms with Crippen molar-refractivity contribution in [2.24, 2.45) is 11.3 Å². The van der Waals surface area contributed by atoms with Crippen LogP contribution < -0.4 is 0 Å². The molecule has 6 nitrogen and oxygen atoms in total. The summed E-state index contributed by atoms with van der Waals surface area (Å²) in [6.07, 6.45) is 6.15. The van der Waals surface area contributed by atoms with Crippen LogP contribution in [0.1, 0.15) is 24.2 Å². The minimum absolute atomic E-state index is 0.168. The first-order valence-corrected chi connectivity index (χ1v) is 10.2. The maximum atomic E-state index is 12.7. The van der Waals surface area contributed by atoms with Crippen LogP contribution in [0.4, 0.5) is 0 Å². The standard InChI is InChI=1S/C22H30N4O2/c1-25-13-18(14-28-15-20-5-2-3-10-24-20)22(16-25)9-12-26(17-22)21(27)8-7-19-6-4-11-23-19/h2-6,10-11,18,23H,7-9,12-17H2,1H3/t18-,22+/m0/s1. The van der Waals surface area contributed by atoms with Crippen LogP contribution >= 0.6 is 0 Å². The van der Waals surface area contributed by atoms with Gasteiger partial charge in [0.05, 0.1) is 18.9 Å². The van der Waals surface area contributed by atoms with E-state index in [1.165, 1.54) is 0 Å². The zero-order valence-corrected chi connectivity index (χ0v) is 16.6. The van der Waals surface area contributed by atoms with Gasteiger partial charge in [0.2, 0.25) is 5.91 Å². The fraction of sp³-hybridized carbons (Fsp3) is 0.545. The summed E-state index contributed by atoms with van der Waals surface area (Å²) in [5, 5.41) is 0. The highest BCUT2D eigenvalue weighted by atomic mass is 16.5. The number of hydrogen-bond acceptors (Lipinski definition) is 4. The number of likely N-dealkylation sites (tertiary alicyclic amines) is 2. The summed E-state index contributed by atoms with van der Waals surface area (Å²) in [5.41, 5.74) is 2.26. The van der Waals surface area contributed by atoms with Crippen molar-refractivity contribution in [3.8, 4) is 0 Å². The first-order valence-electron chi connectivity index (χ1n) is 10.2. The molecule has 2 aliphatic heterocycles. The molecule has 4 rings (SSSR count). The van der Waals surface area contributed by atoms with Crippen molar-refractivity contribution in [3.63, 3.8) is 0 Å². The summed E-state index contributed by atoms with van der Waals surface area (Å²) in [6.45, 7) is 5.09. The second kappa shape index (κ2) is 8.45. The highest BCUT2D eigenvalue weighted by molar-refractivity contribution is 5.76. The Bertz CT molecular complexity index is 764. The van der Waals surface area contributed by atoms with Gasteiger partial charge in [-0.25, -0.2) is 0 Å².